The van der Waals surface area contributed by atoms with Crippen molar-refractivity contribution >= 4 is 33.3 Å². The van der Waals surface area contributed by atoms with E-state index in [1.54, 1.807) is 11.3 Å². The van der Waals surface area contributed by atoms with E-state index in [1.807, 2.05) is 27.7 Å². The molecule has 2 aromatic rings. The molecule has 0 bridgehead atoms. The number of nitrogens with two attached hydrogens (primary N) is 1. The number of hydrogen-bond acceptors (Lipinski definition) is 5. The Hall–Kier alpha value is -0.850. The predicted molar refractivity (Wildman–Crippen MR) is 78.7 cm³/mol. The van der Waals surface area contributed by atoms with Crippen LogP contribution in [0.3, 0.4) is 0 Å². The van der Waals surface area contributed by atoms with E-state index < -0.39 is 0 Å². The van der Waals surface area contributed by atoms with Gasteiger partial charge in [0.15, 0.2) is 5.16 Å². The summed E-state index contributed by atoms with van der Waals surface area (Å²) in [7, 11) is 0. The third-order valence-electron chi connectivity index (χ3n) is 2.60. The number of H-pyrrole nitrogens is 1. The van der Waals surface area contributed by atoms with Crippen molar-refractivity contribution < 1.29 is 0 Å². The molecule has 0 aromatic carbocycles. The Morgan fingerprint density at radius 2 is 2.11 bits per heavy atom. The number of nitrogens with one attached hydrogen (secondary N) is 1. The Morgan fingerprint density at radius 1 is 1.44 bits per heavy atom. The summed E-state index contributed by atoms with van der Waals surface area (Å²) in [6.45, 7) is 7.88. The molecular formula is C12H17N3OS2. The summed E-state index contributed by atoms with van der Waals surface area (Å²) in [4.78, 5) is 21.3. The number of fused-ring (bicyclic) bond motifs is 1. The fourth-order valence-electron chi connectivity index (χ4n) is 1.56. The number of aromatic amines is 1. The van der Waals surface area contributed by atoms with E-state index in [9.17, 15) is 4.79 Å². The van der Waals surface area contributed by atoms with Gasteiger partial charge in [-0.1, -0.05) is 11.8 Å². The zero-order valence-corrected chi connectivity index (χ0v) is 12.6. The first kappa shape index (κ1) is 13.6. The van der Waals surface area contributed by atoms with Crippen LogP contribution in [0, 0.1) is 13.8 Å². The monoisotopic (exact) mass is 283 g/mol. The SMILES string of the molecule is Cc1sc2nc(SCC(C)(C)N)[nH]c(=O)c2c1C. The minimum atomic E-state index is -0.278. The Bertz CT molecular complexity index is 637. The van der Waals surface area contributed by atoms with Crippen LogP contribution in [0.25, 0.3) is 10.2 Å². The van der Waals surface area contributed by atoms with E-state index in [-0.39, 0.29) is 11.1 Å². The van der Waals surface area contributed by atoms with Crippen molar-refractivity contribution in [1.29, 1.82) is 0 Å². The van der Waals surface area contributed by atoms with E-state index in [2.05, 4.69) is 9.97 Å². The average Bonchev–Trinajstić information content (AvgIpc) is 2.51. The van der Waals surface area contributed by atoms with Crippen molar-refractivity contribution in [3.63, 3.8) is 0 Å². The third kappa shape index (κ3) is 2.76. The van der Waals surface area contributed by atoms with E-state index in [0.29, 0.717) is 16.3 Å². The average molecular weight is 283 g/mol. The number of aromatic nitrogens is 2. The lowest BCUT2D eigenvalue weighted by molar-refractivity contribution is 0.590. The molecule has 4 nitrogen and oxygen atoms in total. The van der Waals surface area contributed by atoms with Crippen LogP contribution in [0.4, 0.5) is 0 Å². The smallest absolute Gasteiger partial charge is 0.260 e. The van der Waals surface area contributed by atoms with E-state index in [0.717, 1.165) is 15.3 Å². The van der Waals surface area contributed by atoms with Crippen LogP contribution in [-0.2, 0) is 0 Å². The van der Waals surface area contributed by atoms with Crippen molar-refractivity contribution in [1.82, 2.24) is 9.97 Å². The lowest BCUT2D eigenvalue weighted by atomic mass is 10.1. The number of rotatable bonds is 3. The molecule has 0 atom stereocenters. The quantitative estimate of drug-likeness (QED) is 0.670. The molecule has 0 saturated carbocycles. The predicted octanol–water partition coefficient (Wildman–Crippen LogP) is 2.43. The molecule has 0 amide bonds. The highest BCUT2D eigenvalue weighted by Crippen LogP contribution is 2.27. The van der Waals surface area contributed by atoms with Crippen molar-refractivity contribution in [2.24, 2.45) is 5.73 Å². The molecule has 0 spiro atoms. The topological polar surface area (TPSA) is 71.8 Å². The number of hydrogen-bond donors (Lipinski definition) is 2. The molecule has 0 radical (unpaired) electrons. The number of thioether (sulfide) groups is 1. The Kier molecular flexibility index (Phi) is 3.53. The molecule has 2 heterocycles. The maximum absolute atomic E-state index is 12.0. The molecule has 6 heteroatoms. The van der Waals surface area contributed by atoms with Crippen LogP contribution in [0.15, 0.2) is 9.95 Å². The van der Waals surface area contributed by atoms with Crippen LogP contribution in [0.5, 0.6) is 0 Å². The normalized spacial score (nSPS) is 12.3. The molecule has 0 unspecified atom stereocenters. The summed E-state index contributed by atoms with van der Waals surface area (Å²) in [6, 6.07) is 0. The zero-order valence-electron chi connectivity index (χ0n) is 11.0. The fraction of sp³-hybridized carbons (Fsp3) is 0.500. The van der Waals surface area contributed by atoms with Gasteiger partial charge >= 0.3 is 0 Å². The molecule has 2 rings (SSSR count). The van der Waals surface area contributed by atoms with E-state index in [4.69, 9.17) is 5.73 Å². The lowest BCUT2D eigenvalue weighted by Gasteiger charge is -2.16. The standard InChI is InChI=1S/C12H17N3OS2/c1-6-7(2)18-10-8(6)9(16)14-11(15-10)17-5-12(3,4)13/h5,13H2,1-4H3,(H,14,15,16). The van der Waals surface area contributed by atoms with Gasteiger partial charge < -0.3 is 10.7 Å². The Balaban J connectivity index is 2.41. The summed E-state index contributed by atoms with van der Waals surface area (Å²) >= 11 is 3.05. The second-order valence-electron chi connectivity index (χ2n) is 5.11. The second kappa shape index (κ2) is 4.68. The molecule has 2 aromatic heterocycles. The summed E-state index contributed by atoms with van der Waals surface area (Å²) < 4.78 is 0. The summed E-state index contributed by atoms with van der Waals surface area (Å²) in [5.41, 5.74) is 6.62. The van der Waals surface area contributed by atoms with Crippen LogP contribution in [-0.4, -0.2) is 21.3 Å². The molecule has 0 aliphatic rings. The van der Waals surface area contributed by atoms with Crippen LogP contribution < -0.4 is 11.3 Å². The summed E-state index contributed by atoms with van der Waals surface area (Å²) in [5.74, 6) is 0.713. The molecule has 0 aliphatic carbocycles. The Morgan fingerprint density at radius 3 is 2.72 bits per heavy atom. The fourth-order valence-corrected chi connectivity index (χ4v) is 3.47. The summed E-state index contributed by atoms with van der Waals surface area (Å²) in [6.07, 6.45) is 0. The number of aryl methyl sites for hydroxylation is 2. The van der Waals surface area contributed by atoms with Crippen molar-refractivity contribution in [2.75, 3.05) is 5.75 Å². The van der Waals surface area contributed by atoms with E-state index >= 15 is 0 Å². The zero-order chi connectivity index (χ0) is 13.5. The molecule has 0 aliphatic heterocycles. The van der Waals surface area contributed by atoms with Gasteiger partial charge in [0, 0.05) is 16.2 Å². The number of thiophene rings is 1. The van der Waals surface area contributed by atoms with E-state index in [1.165, 1.54) is 11.8 Å². The highest BCUT2D eigenvalue weighted by molar-refractivity contribution is 7.99. The molecular weight excluding hydrogens is 266 g/mol. The minimum Gasteiger partial charge on any atom is -0.325 e. The van der Waals surface area contributed by atoms with Gasteiger partial charge in [-0.05, 0) is 33.3 Å². The van der Waals surface area contributed by atoms with Gasteiger partial charge in [-0.15, -0.1) is 11.3 Å². The molecule has 0 fully saturated rings. The van der Waals surface area contributed by atoms with Crippen LogP contribution >= 0.6 is 23.1 Å². The maximum atomic E-state index is 12.0. The van der Waals surface area contributed by atoms with Crippen molar-refractivity contribution in [3.05, 3.63) is 20.8 Å². The first-order valence-electron chi connectivity index (χ1n) is 5.69. The van der Waals surface area contributed by atoms with Gasteiger partial charge in [-0.25, -0.2) is 4.98 Å². The highest BCUT2D eigenvalue weighted by atomic mass is 32.2. The van der Waals surface area contributed by atoms with Gasteiger partial charge in [0.05, 0.1) is 5.39 Å². The highest BCUT2D eigenvalue weighted by Gasteiger charge is 2.15. The molecule has 98 valence electrons. The molecule has 3 N–H and O–H groups in total. The largest absolute Gasteiger partial charge is 0.325 e. The Labute approximate surface area is 114 Å². The molecule has 18 heavy (non-hydrogen) atoms. The first-order chi connectivity index (χ1) is 8.28. The van der Waals surface area contributed by atoms with Gasteiger partial charge in [0.25, 0.3) is 5.56 Å². The second-order valence-corrected chi connectivity index (χ2v) is 7.28. The lowest BCUT2D eigenvalue weighted by Crippen LogP contribution is -2.34. The van der Waals surface area contributed by atoms with Crippen molar-refractivity contribution in [2.45, 2.75) is 38.4 Å². The van der Waals surface area contributed by atoms with Gasteiger partial charge in [-0.3, -0.25) is 4.79 Å². The summed E-state index contributed by atoms with van der Waals surface area (Å²) in [5, 5.41) is 1.36. The number of nitrogens with zero attached hydrogens (tertiary/aromatic N) is 1. The minimum absolute atomic E-state index is 0.0563. The van der Waals surface area contributed by atoms with Gasteiger partial charge in [0.2, 0.25) is 0 Å². The third-order valence-corrected chi connectivity index (χ3v) is 5.05. The van der Waals surface area contributed by atoms with Gasteiger partial charge in [0.1, 0.15) is 4.83 Å². The van der Waals surface area contributed by atoms with Gasteiger partial charge in [-0.2, -0.15) is 0 Å². The maximum Gasteiger partial charge on any atom is 0.260 e. The van der Waals surface area contributed by atoms with Crippen LogP contribution in [0.2, 0.25) is 0 Å². The first-order valence-corrected chi connectivity index (χ1v) is 7.50. The van der Waals surface area contributed by atoms with Crippen molar-refractivity contribution in [3.8, 4) is 0 Å². The van der Waals surface area contributed by atoms with Crippen LogP contribution in [0.1, 0.15) is 24.3 Å². The molecule has 0 saturated heterocycles.